The SMILES string of the molecule is COCCCN(CCOc1cccc(C(=O)O)c1)C1CCS(=O)(=O)C1. The van der Waals surface area contributed by atoms with Crippen molar-refractivity contribution < 1.29 is 27.8 Å². The Bertz CT molecular complexity index is 675. The number of aromatic carboxylic acids is 1. The van der Waals surface area contributed by atoms with Gasteiger partial charge in [0.1, 0.15) is 12.4 Å². The maximum atomic E-state index is 11.7. The lowest BCUT2D eigenvalue weighted by molar-refractivity contribution is 0.0696. The summed E-state index contributed by atoms with van der Waals surface area (Å²) >= 11 is 0. The molecule has 0 aromatic heterocycles. The minimum absolute atomic E-state index is 0.0100. The van der Waals surface area contributed by atoms with Gasteiger partial charge in [-0.2, -0.15) is 0 Å². The Hall–Kier alpha value is -1.64. The highest BCUT2D eigenvalue weighted by Crippen LogP contribution is 2.19. The van der Waals surface area contributed by atoms with Crippen molar-refractivity contribution in [1.82, 2.24) is 4.90 Å². The van der Waals surface area contributed by atoms with Gasteiger partial charge in [0.2, 0.25) is 0 Å². The van der Waals surface area contributed by atoms with Crippen molar-refractivity contribution in [2.45, 2.75) is 18.9 Å². The van der Waals surface area contributed by atoms with Crippen molar-refractivity contribution in [3.05, 3.63) is 29.8 Å². The number of hydrogen-bond donors (Lipinski definition) is 1. The molecule has 140 valence electrons. The summed E-state index contributed by atoms with van der Waals surface area (Å²) in [7, 11) is -1.30. The zero-order valence-electron chi connectivity index (χ0n) is 14.4. The van der Waals surface area contributed by atoms with Crippen LogP contribution >= 0.6 is 0 Å². The van der Waals surface area contributed by atoms with Gasteiger partial charge in [0.25, 0.3) is 0 Å². The zero-order chi connectivity index (χ0) is 18.3. The topological polar surface area (TPSA) is 93.1 Å². The number of ether oxygens (including phenoxy) is 2. The maximum absolute atomic E-state index is 11.7. The van der Waals surface area contributed by atoms with E-state index in [0.717, 1.165) is 13.0 Å². The molecule has 1 fully saturated rings. The number of sulfone groups is 1. The van der Waals surface area contributed by atoms with E-state index in [1.165, 1.54) is 12.1 Å². The molecule has 0 saturated carbocycles. The molecule has 25 heavy (non-hydrogen) atoms. The summed E-state index contributed by atoms with van der Waals surface area (Å²) in [6.07, 6.45) is 1.46. The molecular formula is C17H25NO6S. The van der Waals surface area contributed by atoms with E-state index >= 15 is 0 Å². The molecule has 1 aromatic carbocycles. The predicted octanol–water partition coefficient (Wildman–Crippen LogP) is 1.29. The second-order valence-electron chi connectivity index (χ2n) is 6.12. The first-order valence-corrected chi connectivity index (χ1v) is 10.1. The molecule has 1 heterocycles. The summed E-state index contributed by atoms with van der Waals surface area (Å²) < 4.78 is 34.2. The Morgan fingerprint density at radius 1 is 1.32 bits per heavy atom. The van der Waals surface area contributed by atoms with E-state index in [-0.39, 0.29) is 23.1 Å². The highest BCUT2D eigenvalue weighted by molar-refractivity contribution is 7.91. The van der Waals surface area contributed by atoms with Crippen molar-refractivity contribution in [2.75, 3.05) is 44.9 Å². The van der Waals surface area contributed by atoms with Crippen molar-refractivity contribution in [3.8, 4) is 5.75 Å². The number of benzene rings is 1. The summed E-state index contributed by atoms with van der Waals surface area (Å²) in [6, 6.07) is 6.35. The number of carboxylic acids is 1. The number of hydrogen-bond acceptors (Lipinski definition) is 6. The van der Waals surface area contributed by atoms with Gasteiger partial charge in [-0.3, -0.25) is 4.90 Å². The summed E-state index contributed by atoms with van der Waals surface area (Å²) in [5, 5.41) is 9.00. The molecule has 1 aliphatic heterocycles. The van der Waals surface area contributed by atoms with Gasteiger partial charge in [0.05, 0.1) is 17.1 Å². The lowest BCUT2D eigenvalue weighted by atomic mass is 10.2. The Morgan fingerprint density at radius 2 is 2.12 bits per heavy atom. The van der Waals surface area contributed by atoms with Crippen LogP contribution in [0.5, 0.6) is 5.75 Å². The third-order valence-corrected chi connectivity index (χ3v) is 6.00. The van der Waals surface area contributed by atoms with Gasteiger partial charge < -0.3 is 14.6 Å². The minimum atomic E-state index is -2.94. The molecule has 1 N–H and O–H groups in total. The molecule has 7 nitrogen and oxygen atoms in total. The molecule has 0 spiro atoms. The molecule has 1 atom stereocenters. The van der Waals surface area contributed by atoms with Crippen LogP contribution in [0.1, 0.15) is 23.2 Å². The summed E-state index contributed by atoms with van der Waals surface area (Å²) in [5.74, 6) is -0.0763. The molecule has 1 unspecified atom stereocenters. The first kappa shape index (κ1) is 19.7. The summed E-state index contributed by atoms with van der Waals surface area (Å²) in [6.45, 7) is 2.32. The van der Waals surface area contributed by atoms with Crippen LogP contribution < -0.4 is 4.74 Å². The molecule has 8 heteroatoms. The van der Waals surface area contributed by atoms with E-state index in [0.29, 0.717) is 31.9 Å². The third-order valence-electron chi connectivity index (χ3n) is 4.25. The molecule has 1 aliphatic rings. The van der Waals surface area contributed by atoms with Crippen LogP contribution in [0.2, 0.25) is 0 Å². The Balaban J connectivity index is 1.90. The van der Waals surface area contributed by atoms with Gasteiger partial charge in [-0.15, -0.1) is 0 Å². The molecule has 0 bridgehead atoms. The second kappa shape index (κ2) is 9.17. The standard InChI is InChI=1S/C17H25NO6S/c1-23-9-3-7-18(15-6-11-25(21,22)13-15)8-10-24-16-5-2-4-14(12-16)17(19)20/h2,4-5,12,15H,3,6-11,13H2,1H3,(H,19,20). The molecular weight excluding hydrogens is 346 g/mol. The van der Waals surface area contributed by atoms with Gasteiger partial charge in [-0.25, -0.2) is 13.2 Å². The monoisotopic (exact) mass is 371 g/mol. The lowest BCUT2D eigenvalue weighted by Crippen LogP contribution is -2.40. The average molecular weight is 371 g/mol. The molecule has 0 aliphatic carbocycles. The van der Waals surface area contributed by atoms with E-state index in [4.69, 9.17) is 14.6 Å². The first-order chi connectivity index (χ1) is 11.9. The number of rotatable bonds is 10. The highest BCUT2D eigenvalue weighted by Gasteiger charge is 2.31. The van der Waals surface area contributed by atoms with Gasteiger partial charge in [-0.05, 0) is 31.0 Å². The summed E-state index contributed by atoms with van der Waals surface area (Å²) in [4.78, 5) is 13.1. The minimum Gasteiger partial charge on any atom is -0.492 e. The van der Waals surface area contributed by atoms with E-state index < -0.39 is 15.8 Å². The fourth-order valence-corrected chi connectivity index (χ4v) is 4.71. The average Bonchev–Trinajstić information content (AvgIpc) is 2.93. The number of methoxy groups -OCH3 is 1. The number of carbonyl (C=O) groups is 1. The van der Waals surface area contributed by atoms with Crippen LogP contribution in [0.25, 0.3) is 0 Å². The van der Waals surface area contributed by atoms with Crippen molar-refractivity contribution in [3.63, 3.8) is 0 Å². The normalized spacial score (nSPS) is 19.2. The predicted molar refractivity (Wildman–Crippen MR) is 94.0 cm³/mol. The van der Waals surface area contributed by atoms with E-state index in [9.17, 15) is 13.2 Å². The quantitative estimate of drug-likeness (QED) is 0.620. The summed E-state index contributed by atoms with van der Waals surface area (Å²) in [5.41, 5.74) is 0.177. The largest absolute Gasteiger partial charge is 0.492 e. The fraction of sp³-hybridized carbons (Fsp3) is 0.588. The molecule has 0 amide bonds. The fourth-order valence-electron chi connectivity index (χ4n) is 2.95. The van der Waals surface area contributed by atoms with Gasteiger partial charge >= 0.3 is 5.97 Å². The van der Waals surface area contributed by atoms with E-state index in [1.807, 2.05) is 0 Å². The van der Waals surface area contributed by atoms with Crippen LogP contribution in [-0.2, 0) is 14.6 Å². The smallest absolute Gasteiger partial charge is 0.335 e. The van der Waals surface area contributed by atoms with Crippen LogP contribution in [0.3, 0.4) is 0 Å². The highest BCUT2D eigenvalue weighted by atomic mass is 32.2. The van der Waals surface area contributed by atoms with Gasteiger partial charge in [-0.1, -0.05) is 6.07 Å². The van der Waals surface area contributed by atoms with E-state index in [1.54, 1.807) is 19.2 Å². The van der Waals surface area contributed by atoms with Crippen molar-refractivity contribution in [1.29, 1.82) is 0 Å². The third kappa shape index (κ3) is 6.30. The molecule has 1 aromatic rings. The molecule has 1 saturated heterocycles. The zero-order valence-corrected chi connectivity index (χ0v) is 15.2. The first-order valence-electron chi connectivity index (χ1n) is 8.31. The Labute approximate surface area is 148 Å². The van der Waals surface area contributed by atoms with Gasteiger partial charge in [0, 0.05) is 32.8 Å². The molecule has 2 rings (SSSR count). The Morgan fingerprint density at radius 3 is 2.76 bits per heavy atom. The lowest BCUT2D eigenvalue weighted by Gasteiger charge is -2.27. The van der Waals surface area contributed by atoms with Crippen LogP contribution in [0, 0.1) is 0 Å². The Kier molecular flexibility index (Phi) is 7.22. The van der Waals surface area contributed by atoms with Crippen molar-refractivity contribution >= 4 is 15.8 Å². The number of carboxylic acid groups (broad SMARTS) is 1. The van der Waals surface area contributed by atoms with E-state index in [2.05, 4.69) is 4.90 Å². The van der Waals surface area contributed by atoms with Crippen LogP contribution in [0.4, 0.5) is 0 Å². The van der Waals surface area contributed by atoms with Crippen LogP contribution in [0.15, 0.2) is 24.3 Å². The maximum Gasteiger partial charge on any atom is 0.335 e. The molecule has 0 radical (unpaired) electrons. The van der Waals surface area contributed by atoms with Gasteiger partial charge in [0.15, 0.2) is 9.84 Å². The van der Waals surface area contributed by atoms with Crippen molar-refractivity contribution in [2.24, 2.45) is 0 Å². The van der Waals surface area contributed by atoms with Crippen LogP contribution in [-0.4, -0.2) is 75.4 Å². The second-order valence-corrected chi connectivity index (χ2v) is 8.35. The number of nitrogens with zero attached hydrogens (tertiary/aromatic N) is 1.